The number of furan rings is 1. The lowest BCUT2D eigenvalue weighted by Crippen LogP contribution is -2.10. The molecular formula is C86H53N9O. The number of nitrogens with zero attached hydrogens (tertiary/aromatic N) is 9. The topological polar surface area (TPSA) is 133 Å². The van der Waals surface area contributed by atoms with Crippen LogP contribution in [0.15, 0.2) is 271 Å². The van der Waals surface area contributed by atoms with Crippen LogP contribution in [-0.4, -0.2) is 22.8 Å². The summed E-state index contributed by atoms with van der Waals surface area (Å²) in [4.78, 5) is 0. The number of fused-ring (bicyclic) bond motifs is 19. The summed E-state index contributed by atoms with van der Waals surface area (Å²) in [5.74, 6) is 0. The minimum Gasteiger partial charge on any atom is -0.455 e. The van der Waals surface area contributed by atoms with Gasteiger partial charge in [0.1, 0.15) is 35.4 Å². The quantitative estimate of drug-likeness (QED) is 0.169. The van der Waals surface area contributed by atoms with Crippen LogP contribution in [0.2, 0.25) is 0 Å². The smallest absolute Gasteiger partial charge is 0.145 e. The highest BCUT2D eigenvalue weighted by Crippen LogP contribution is 2.47. The first-order valence-electron chi connectivity index (χ1n) is 32.0. The van der Waals surface area contributed by atoms with Crippen molar-refractivity contribution in [1.29, 1.82) is 21.0 Å². The van der Waals surface area contributed by atoms with Crippen LogP contribution in [0.25, 0.3) is 159 Å². The predicted octanol–water partition coefficient (Wildman–Crippen LogP) is 21.5. The minimum atomic E-state index is -0.0685. The van der Waals surface area contributed by atoms with Crippen LogP contribution < -0.4 is 0 Å². The van der Waals surface area contributed by atoms with Gasteiger partial charge in [-0.2, -0.15) is 21.0 Å². The van der Waals surface area contributed by atoms with Crippen molar-refractivity contribution in [3.63, 3.8) is 0 Å². The number of hydrogen-bond acceptors (Lipinski definition) is 5. The number of nitriles is 4. The Morgan fingerprint density at radius 1 is 0.292 bits per heavy atom. The number of benzene rings is 13. The first kappa shape index (κ1) is 55.5. The van der Waals surface area contributed by atoms with E-state index in [0.717, 1.165) is 143 Å². The molecule has 19 rings (SSSR count). The van der Waals surface area contributed by atoms with Crippen LogP contribution >= 0.6 is 0 Å². The zero-order valence-corrected chi connectivity index (χ0v) is 52.3. The second-order valence-corrected chi connectivity index (χ2v) is 25.6. The SMILES string of the molecule is CC(C)(C)c1ccc2c(c1)c1c3oc4ccccc4c3ccc1n2-c1ccc(C#N)c(C#N)c1-n1c2ccccc2c2ccccc21.N#Cc1ccc(-n2c3ccccc3c3cc4c(cc32)c2ccccc2n4-c2ccccc2)c(-n2c3ccccc3c3ccccc32)c1C#N. The van der Waals surface area contributed by atoms with Crippen molar-refractivity contribution in [3.05, 3.63) is 295 Å². The molecule has 0 saturated heterocycles. The second kappa shape index (κ2) is 21.1. The maximum absolute atomic E-state index is 10.8. The van der Waals surface area contributed by atoms with Crippen molar-refractivity contribution >= 4 is 131 Å². The van der Waals surface area contributed by atoms with E-state index in [-0.39, 0.29) is 5.41 Å². The molecule has 0 atom stereocenters. The molecule has 0 aliphatic carbocycles. The molecule has 13 aromatic carbocycles. The van der Waals surface area contributed by atoms with Crippen molar-refractivity contribution in [2.45, 2.75) is 26.2 Å². The standard InChI is InChI=1S/C44H25N5.C42H28N4O/c45-26-28-22-23-41(44(36(28)27-46)49-39-20-10-4-14-30(39)31-15-5-11-21-40(31)49)48-38-19-9-7-17-33(38)35-24-42-34(25-43(35)48)32-16-6-8-18-37(32)47(42)29-12-2-1-3-13-29;1-42(2,3)26-17-20-35-31(22-26)39-36(21-18-30-29-12-6-9-15-38(29)47-41(30)39)45(35)37-19-16-25(23-43)32(24-44)40(37)46-33-13-7-4-10-27(33)28-11-5-8-14-34(28)46/h1-25H;4-22H,1-3H3. The predicted molar refractivity (Wildman–Crippen MR) is 389 cm³/mol. The Bertz CT molecular complexity index is 6640. The van der Waals surface area contributed by atoms with Crippen molar-refractivity contribution in [2.24, 2.45) is 0 Å². The second-order valence-electron chi connectivity index (χ2n) is 25.6. The van der Waals surface area contributed by atoms with Gasteiger partial charge >= 0.3 is 0 Å². The molecule has 6 aromatic heterocycles. The lowest BCUT2D eigenvalue weighted by Gasteiger charge is -2.20. The summed E-state index contributed by atoms with van der Waals surface area (Å²) in [5, 5.41) is 55.1. The van der Waals surface area contributed by atoms with Crippen molar-refractivity contribution in [2.75, 3.05) is 0 Å². The van der Waals surface area contributed by atoms with Gasteiger partial charge in [0, 0.05) is 64.9 Å². The largest absolute Gasteiger partial charge is 0.455 e. The highest BCUT2D eigenvalue weighted by molar-refractivity contribution is 6.25. The van der Waals surface area contributed by atoms with E-state index in [0.29, 0.717) is 33.6 Å². The first-order chi connectivity index (χ1) is 47.1. The van der Waals surface area contributed by atoms with E-state index in [1.54, 1.807) is 12.1 Å². The summed E-state index contributed by atoms with van der Waals surface area (Å²) in [6, 6.07) is 101. The van der Waals surface area contributed by atoms with Gasteiger partial charge in [-0.15, -0.1) is 0 Å². The van der Waals surface area contributed by atoms with Gasteiger partial charge in [0.25, 0.3) is 0 Å². The Morgan fingerprint density at radius 3 is 1.15 bits per heavy atom. The molecule has 6 heterocycles. The molecule has 0 spiro atoms. The summed E-state index contributed by atoms with van der Waals surface area (Å²) in [6.07, 6.45) is 0. The van der Waals surface area contributed by atoms with Crippen molar-refractivity contribution in [3.8, 4) is 52.7 Å². The van der Waals surface area contributed by atoms with Crippen LogP contribution in [0.5, 0.6) is 0 Å². The summed E-state index contributed by atoms with van der Waals surface area (Å²) in [5.41, 5.74) is 18.5. The summed E-state index contributed by atoms with van der Waals surface area (Å²) in [6.45, 7) is 6.68. The fraction of sp³-hybridized carbons (Fsp3) is 0.0465. The third-order valence-corrected chi connectivity index (χ3v) is 19.5. The monoisotopic (exact) mass is 1230 g/mol. The summed E-state index contributed by atoms with van der Waals surface area (Å²) < 4.78 is 17.8. The molecule has 0 saturated carbocycles. The minimum absolute atomic E-state index is 0.0685. The average Bonchev–Trinajstić information content (AvgIpc) is 1.55. The molecule has 96 heavy (non-hydrogen) atoms. The Kier molecular flexibility index (Phi) is 12.2. The van der Waals surface area contributed by atoms with Gasteiger partial charge in [-0.1, -0.05) is 172 Å². The summed E-state index contributed by atoms with van der Waals surface area (Å²) in [7, 11) is 0. The number of para-hydroxylation sites is 8. The van der Waals surface area contributed by atoms with E-state index < -0.39 is 0 Å². The van der Waals surface area contributed by atoms with Crippen LogP contribution in [-0.2, 0) is 5.41 Å². The number of rotatable bonds is 5. The van der Waals surface area contributed by atoms with Gasteiger partial charge in [-0.25, -0.2) is 0 Å². The van der Waals surface area contributed by atoms with Crippen LogP contribution in [0.4, 0.5) is 0 Å². The Labute approximate surface area is 549 Å². The molecular weight excluding hydrogens is 1180 g/mol. The maximum atomic E-state index is 10.8. The zero-order valence-electron chi connectivity index (χ0n) is 52.3. The molecule has 0 bridgehead atoms. The van der Waals surface area contributed by atoms with E-state index in [1.165, 1.54) is 10.9 Å². The van der Waals surface area contributed by atoms with Gasteiger partial charge < -0.3 is 27.3 Å². The van der Waals surface area contributed by atoms with E-state index in [4.69, 9.17) is 4.42 Å². The highest BCUT2D eigenvalue weighted by atomic mass is 16.3. The number of aromatic nitrogens is 5. The molecule has 0 fully saturated rings. The molecule has 0 unspecified atom stereocenters. The lowest BCUT2D eigenvalue weighted by atomic mass is 9.86. The molecule has 10 heteroatoms. The zero-order chi connectivity index (χ0) is 64.7. The van der Waals surface area contributed by atoms with E-state index in [1.807, 2.05) is 84.9 Å². The normalized spacial score (nSPS) is 11.9. The van der Waals surface area contributed by atoms with E-state index in [2.05, 4.69) is 238 Å². The fourth-order valence-corrected chi connectivity index (χ4v) is 15.3. The van der Waals surface area contributed by atoms with Crippen molar-refractivity contribution in [1.82, 2.24) is 22.8 Å². The van der Waals surface area contributed by atoms with Gasteiger partial charge in [0.05, 0.1) is 106 Å². The molecule has 0 N–H and O–H groups in total. The number of hydrogen-bond donors (Lipinski definition) is 0. The molecule has 0 aliphatic heterocycles. The van der Waals surface area contributed by atoms with Gasteiger partial charge in [0.2, 0.25) is 0 Å². The van der Waals surface area contributed by atoms with Crippen molar-refractivity contribution < 1.29 is 4.42 Å². The summed E-state index contributed by atoms with van der Waals surface area (Å²) >= 11 is 0. The van der Waals surface area contributed by atoms with E-state index >= 15 is 0 Å². The highest BCUT2D eigenvalue weighted by Gasteiger charge is 2.29. The third-order valence-electron chi connectivity index (χ3n) is 19.5. The molecule has 10 nitrogen and oxygen atoms in total. The Morgan fingerprint density at radius 2 is 0.677 bits per heavy atom. The van der Waals surface area contributed by atoms with Gasteiger partial charge in [-0.3, -0.25) is 0 Å². The molecule has 448 valence electrons. The van der Waals surface area contributed by atoms with Crippen LogP contribution in [0.1, 0.15) is 48.6 Å². The first-order valence-corrected chi connectivity index (χ1v) is 32.0. The Balaban J connectivity index is 0.000000140. The maximum Gasteiger partial charge on any atom is 0.145 e. The molecule has 19 aromatic rings. The third kappa shape index (κ3) is 7.95. The van der Waals surface area contributed by atoms with Crippen LogP contribution in [0.3, 0.4) is 0 Å². The van der Waals surface area contributed by atoms with E-state index in [9.17, 15) is 21.0 Å². The van der Waals surface area contributed by atoms with Crippen LogP contribution in [0, 0.1) is 45.3 Å². The van der Waals surface area contributed by atoms with Gasteiger partial charge in [-0.05, 0) is 126 Å². The molecule has 0 aliphatic rings. The molecule has 0 radical (unpaired) electrons. The fourth-order valence-electron chi connectivity index (χ4n) is 15.3. The Hall–Kier alpha value is -13.4. The lowest BCUT2D eigenvalue weighted by molar-refractivity contribution is 0.591. The average molecular weight is 1230 g/mol. The molecule has 0 amide bonds. The van der Waals surface area contributed by atoms with Gasteiger partial charge in [0.15, 0.2) is 0 Å².